The quantitative estimate of drug-likeness (QED) is 0.744. The molecule has 2 atom stereocenters. The van der Waals surface area contributed by atoms with Gasteiger partial charge in [-0.3, -0.25) is 0 Å². The molecule has 0 unspecified atom stereocenters. The summed E-state index contributed by atoms with van der Waals surface area (Å²) in [6.45, 7) is 0. The highest BCUT2D eigenvalue weighted by molar-refractivity contribution is 5.14. The topological polar surface area (TPSA) is 20.2 Å². The van der Waals surface area contributed by atoms with E-state index in [9.17, 15) is 5.11 Å². The van der Waals surface area contributed by atoms with Crippen LogP contribution in [0.15, 0.2) is 42.5 Å². The lowest BCUT2D eigenvalue weighted by atomic mass is 9.97. The normalized spacial score (nSPS) is 24.6. The van der Waals surface area contributed by atoms with E-state index in [2.05, 4.69) is 36.4 Å². The Balaban J connectivity index is 1.73. The summed E-state index contributed by atoms with van der Waals surface area (Å²) in [7, 11) is 0. The highest BCUT2D eigenvalue weighted by Gasteiger charge is 2.19. The Kier molecular flexibility index (Phi) is 3.57. The van der Waals surface area contributed by atoms with E-state index in [1.807, 2.05) is 6.07 Å². The summed E-state index contributed by atoms with van der Waals surface area (Å²) in [5.74, 6) is 0.397. The molecule has 0 heterocycles. The van der Waals surface area contributed by atoms with E-state index < -0.39 is 0 Å². The molecule has 0 aliphatic heterocycles. The van der Waals surface area contributed by atoms with Gasteiger partial charge in [0.2, 0.25) is 0 Å². The van der Waals surface area contributed by atoms with Gasteiger partial charge in [0, 0.05) is 5.92 Å². The van der Waals surface area contributed by atoms with Gasteiger partial charge >= 0.3 is 0 Å². The molecule has 0 fully saturated rings. The standard InChI is InChI=1S/C14H18O/c15-14-11-5-10-13(14)9-4-8-12-6-2-1-3-7-12/h1-3,5-7,10,13-15H,4,8-9,11H2/t13-,14-/m1/s1. The molecule has 15 heavy (non-hydrogen) atoms. The first kappa shape index (κ1) is 10.4. The molecule has 80 valence electrons. The number of aliphatic hydroxyl groups excluding tert-OH is 1. The Morgan fingerprint density at radius 3 is 2.67 bits per heavy atom. The van der Waals surface area contributed by atoms with Gasteiger partial charge in [-0.2, -0.15) is 0 Å². The van der Waals surface area contributed by atoms with Crippen LogP contribution >= 0.6 is 0 Å². The predicted molar refractivity (Wildman–Crippen MR) is 62.6 cm³/mol. The highest BCUT2D eigenvalue weighted by atomic mass is 16.3. The summed E-state index contributed by atoms with van der Waals surface area (Å²) in [5.41, 5.74) is 1.40. The SMILES string of the molecule is O[C@@H]1CC=C[C@H]1CCCc1ccccc1. The van der Waals surface area contributed by atoms with Crippen molar-refractivity contribution >= 4 is 0 Å². The first-order chi connectivity index (χ1) is 7.36. The zero-order valence-corrected chi connectivity index (χ0v) is 8.97. The first-order valence-electron chi connectivity index (χ1n) is 5.75. The zero-order valence-electron chi connectivity index (χ0n) is 8.97. The van der Waals surface area contributed by atoms with Gasteiger partial charge in [0.25, 0.3) is 0 Å². The molecule has 1 heteroatoms. The van der Waals surface area contributed by atoms with E-state index >= 15 is 0 Å². The van der Waals surface area contributed by atoms with Crippen LogP contribution in [0.3, 0.4) is 0 Å². The van der Waals surface area contributed by atoms with Crippen molar-refractivity contribution in [1.29, 1.82) is 0 Å². The molecule has 1 aliphatic carbocycles. The summed E-state index contributed by atoms with van der Waals surface area (Å²) in [4.78, 5) is 0. The fourth-order valence-corrected chi connectivity index (χ4v) is 2.17. The number of aliphatic hydroxyl groups is 1. The lowest BCUT2D eigenvalue weighted by Crippen LogP contribution is -2.13. The molecule has 0 amide bonds. The van der Waals surface area contributed by atoms with Gasteiger partial charge in [0.05, 0.1) is 6.10 Å². The minimum Gasteiger partial charge on any atom is -0.392 e. The lowest BCUT2D eigenvalue weighted by molar-refractivity contribution is 0.138. The Hall–Kier alpha value is -1.08. The molecule has 0 spiro atoms. The van der Waals surface area contributed by atoms with E-state index in [1.54, 1.807) is 0 Å². The molecule has 1 N–H and O–H groups in total. The molecule has 1 aromatic rings. The third kappa shape index (κ3) is 2.93. The van der Waals surface area contributed by atoms with Gasteiger partial charge in [0.1, 0.15) is 0 Å². The minimum absolute atomic E-state index is 0.124. The Labute approximate surface area is 91.4 Å². The molecular weight excluding hydrogens is 184 g/mol. The van der Waals surface area contributed by atoms with E-state index in [4.69, 9.17) is 0 Å². The van der Waals surface area contributed by atoms with Crippen molar-refractivity contribution in [3.8, 4) is 0 Å². The average Bonchev–Trinajstić information content (AvgIpc) is 2.66. The van der Waals surface area contributed by atoms with Crippen LogP contribution in [0.2, 0.25) is 0 Å². The fraction of sp³-hybridized carbons (Fsp3) is 0.429. The molecular formula is C14H18O. The van der Waals surface area contributed by atoms with Crippen LogP contribution in [0.4, 0.5) is 0 Å². The minimum atomic E-state index is -0.124. The summed E-state index contributed by atoms with van der Waals surface area (Å²) < 4.78 is 0. The molecule has 0 radical (unpaired) electrons. The number of hydrogen-bond acceptors (Lipinski definition) is 1. The maximum absolute atomic E-state index is 9.62. The Morgan fingerprint density at radius 2 is 2.00 bits per heavy atom. The maximum atomic E-state index is 9.62. The average molecular weight is 202 g/mol. The molecule has 0 saturated carbocycles. The number of hydrogen-bond donors (Lipinski definition) is 1. The molecule has 1 nitrogen and oxygen atoms in total. The summed E-state index contributed by atoms with van der Waals surface area (Å²) >= 11 is 0. The van der Waals surface area contributed by atoms with Crippen LogP contribution in [0.25, 0.3) is 0 Å². The van der Waals surface area contributed by atoms with E-state index in [-0.39, 0.29) is 6.10 Å². The van der Waals surface area contributed by atoms with Crippen molar-refractivity contribution in [3.05, 3.63) is 48.0 Å². The van der Waals surface area contributed by atoms with E-state index in [0.717, 1.165) is 25.7 Å². The van der Waals surface area contributed by atoms with Crippen LogP contribution in [-0.4, -0.2) is 11.2 Å². The van der Waals surface area contributed by atoms with Gasteiger partial charge in [-0.15, -0.1) is 0 Å². The Bertz CT molecular complexity index is 315. The first-order valence-corrected chi connectivity index (χ1v) is 5.75. The summed E-state index contributed by atoms with van der Waals surface area (Å²) in [6, 6.07) is 10.5. The van der Waals surface area contributed by atoms with Gasteiger partial charge in [-0.1, -0.05) is 42.5 Å². The van der Waals surface area contributed by atoms with Crippen molar-refractivity contribution in [2.24, 2.45) is 5.92 Å². The fourth-order valence-electron chi connectivity index (χ4n) is 2.17. The highest BCUT2D eigenvalue weighted by Crippen LogP contribution is 2.23. The molecule has 0 aromatic heterocycles. The zero-order chi connectivity index (χ0) is 10.5. The maximum Gasteiger partial charge on any atom is 0.0637 e. The van der Waals surface area contributed by atoms with Crippen LogP contribution < -0.4 is 0 Å². The third-order valence-electron chi connectivity index (χ3n) is 3.10. The van der Waals surface area contributed by atoms with Gasteiger partial charge in [-0.25, -0.2) is 0 Å². The van der Waals surface area contributed by atoms with Crippen molar-refractivity contribution in [2.75, 3.05) is 0 Å². The predicted octanol–water partition coefficient (Wildman–Crippen LogP) is 2.95. The molecule has 0 saturated heterocycles. The molecule has 1 aromatic carbocycles. The molecule has 0 bridgehead atoms. The summed E-state index contributed by atoms with van der Waals surface area (Å²) in [6.07, 6.45) is 8.37. The van der Waals surface area contributed by atoms with Crippen molar-refractivity contribution in [3.63, 3.8) is 0 Å². The van der Waals surface area contributed by atoms with Gasteiger partial charge < -0.3 is 5.11 Å². The number of benzene rings is 1. The van der Waals surface area contributed by atoms with Crippen LogP contribution in [0.1, 0.15) is 24.8 Å². The number of aryl methyl sites for hydroxylation is 1. The summed E-state index contributed by atoms with van der Waals surface area (Å²) in [5, 5.41) is 9.62. The second-order valence-corrected chi connectivity index (χ2v) is 4.27. The Morgan fingerprint density at radius 1 is 1.20 bits per heavy atom. The largest absolute Gasteiger partial charge is 0.392 e. The van der Waals surface area contributed by atoms with Crippen LogP contribution in [-0.2, 0) is 6.42 Å². The second-order valence-electron chi connectivity index (χ2n) is 4.27. The van der Waals surface area contributed by atoms with Gasteiger partial charge in [0.15, 0.2) is 0 Å². The van der Waals surface area contributed by atoms with Crippen LogP contribution in [0.5, 0.6) is 0 Å². The smallest absolute Gasteiger partial charge is 0.0637 e. The van der Waals surface area contributed by atoms with Gasteiger partial charge in [-0.05, 0) is 31.2 Å². The van der Waals surface area contributed by atoms with Crippen LogP contribution in [0, 0.1) is 5.92 Å². The molecule has 1 aliphatic rings. The van der Waals surface area contributed by atoms with E-state index in [0.29, 0.717) is 5.92 Å². The monoisotopic (exact) mass is 202 g/mol. The number of rotatable bonds is 4. The van der Waals surface area contributed by atoms with Crippen molar-refractivity contribution in [1.82, 2.24) is 0 Å². The van der Waals surface area contributed by atoms with Crippen molar-refractivity contribution < 1.29 is 5.11 Å². The third-order valence-corrected chi connectivity index (χ3v) is 3.10. The molecule has 2 rings (SSSR count). The second kappa shape index (κ2) is 5.13. The van der Waals surface area contributed by atoms with Crippen molar-refractivity contribution in [2.45, 2.75) is 31.8 Å². The van der Waals surface area contributed by atoms with E-state index in [1.165, 1.54) is 5.56 Å². The lowest BCUT2D eigenvalue weighted by Gasteiger charge is -2.13.